The molecule has 0 spiro atoms. The van der Waals surface area contributed by atoms with E-state index in [0.29, 0.717) is 12.1 Å². The largest absolute Gasteiger partial charge is 0.344 e. The number of amides is 1. The van der Waals surface area contributed by atoms with Crippen LogP contribution >= 0.6 is 0 Å². The Balaban J connectivity index is 2.10. The number of aromatic nitrogens is 1. The molecule has 1 fully saturated rings. The fourth-order valence-corrected chi connectivity index (χ4v) is 3.17. The van der Waals surface area contributed by atoms with Crippen molar-refractivity contribution in [2.45, 2.75) is 64.6 Å². The molecule has 0 saturated heterocycles. The minimum absolute atomic E-state index is 0.173. The van der Waals surface area contributed by atoms with E-state index in [0.717, 1.165) is 50.9 Å². The van der Waals surface area contributed by atoms with Crippen molar-refractivity contribution in [2.24, 2.45) is 5.73 Å². The van der Waals surface area contributed by atoms with Gasteiger partial charge in [0.25, 0.3) is 5.91 Å². The highest BCUT2D eigenvalue weighted by molar-refractivity contribution is 5.93. The van der Waals surface area contributed by atoms with E-state index in [4.69, 9.17) is 5.73 Å². The summed E-state index contributed by atoms with van der Waals surface area (Å²) in [5.41, 5.74) is 6.79. The van der Waals surface area contributed by atoms with E-state index in [2.05, 4.69) is 18.4 Å². The monoisotopic (exact) mass is 277 g/mol. The standard InChI is InChI=1S/C16H27N3O/c1-3-11-18-12-5-6-15(18)16(20)19(4-2)14-9-7-13(17)8-10-14/h5-6,12-14H,3-4,7-11,17H2,1-2H3. The Hall–Kier alpha value is -1.29. The second-order valence-electron chi connectivity index (χ2n) is 5.75. The molecule has 2 rings (SSSR count). The third-order valence-corrected chi connectivity index (χ3v) is 4.30. The van der Waals surface area contributed by atoms with Gasteiger partial charge in [0.15, 0.2) is 0 Å². The molecule has 0 atom stereocenters. The molecular formula is C16H27N3O. The van der Waals surface area contributed by atoms with Gasteiger partial charge in [0.05, 0.1) is 0 Å². The van der Waals surface area contributed by atoms with Crippen LogP contribution in [-0.4, -0.2) is 34.0 Å². The van der Waals surface area contributed by atoms with Crippen LogP contribution in [0.25, 0.3) is 0 Å². The predicted molar refractivity (Wildman–Crippen MR) is 81.7 cm³/mol. The summed E-state index contributed by atoms with van der Waals surface area (Å²) in [6.07, 6.45) is 7.18. The first-order valence-electron chi connectivity index (χ1n) is 7.89. The summed E-state index contributed by atoms with van der Waals surface area (Å²) in [5.74, 6) is 0.173. The Morgan fingerprint density at radius 3 is 2.65 bits per heavy atom. The summed E-state index contributed by atoms with van der Waals surface area (Å²) in [6, 6.07) is 4.59. The Bertz CT molecular complexity index is 433. The van der Waals surface area contributed by atoms with Crippen molar-refractivity contribution in [3.63, 3.8) is 0 Å². The second kappa shape index (κ2) is 6.93. The van der Waals surface area contributed by atoms with Crippen LogP contribution < -0.4 is 5.73 Å². The molecule has 0 bridgehead atoms. The van der Waals surface area contributed by atoms with E-state index in [1.165, 1.54) is 0 Å². The average Bonchev–Trinajstić information content (AvgIpc) is 2.90. The first-order chi connectivity index (χ1) is 9.67. The third-order valence-electron chi connectivity index (χ3n) is 4.30. The van der Waals surface area contributed by atoms with Crippen molar-refractivity contribution in [3.8, 4) is 0 Å². The van der Waals surface area contributed by atoms with Crippen molar-refractivity contribution in [2.75, 3.05) is 6.54 Å². The van der Waals surface area contributed by atoms with Crippen LogP contribution in [0.3, 0.4) is 0 Å². The Kier molecular flexibility index (Phi) is 5.24. The molecule has 4 heteroatoms. The lowest BCUT2D eigenvalue weighted by Gasteiger charge is -2.35. The van der Waals surface area contributed by atoms with E-state index in [-0.39, 0.29) is 5.91 Å². The molecular weight excluding hydrogens is 250 g/mol. The maximum atomic E-state index is 12.8. The molecule has 1 aliphatic carbocycles. The van der Waals surface area contributed by atoms with Gasteiger partial charge in [0.1, 0.15) is 5.69 Å². The van der Waals surface area contributed by atoms with E-state index in [1.807, 2.05) is 23.2 Å². The lowest BCUT2D eigenvalue weighted by molar-refractivity contribution is 0.0629. The van der Waals surface area contributed by atoms with Gasteiger partial charge in [-0.2, -0.15) is 0 Å². The Morgan fingerprint density at radius 1 is 1.35 bits per heavy atom. The number of carbonyl (C=O) groups is 1. The van der Waals surface area contributed by atoms with Gasteiger partial charge < -0.3 is 15.2 Å². The molecule has 1 saturated carbocycles. The van der Waals surface area contributed by atoms with Gasteiger partial charge in [-0.3, -0.25) is 4.79 Å². The van der Waals surface area contributed by atoms with E-state index < -0.39 is 0 Å². The van der Waals surface area contributed by atoms with Crippen LogP contribution in [0.1, 0.15) is 56.4 Å². The molecule has 4 nitrogen and oxygen atoms in total. The normalized spacial score (nSPS) is 22.8. The molecule has 1 amide bonds. The zero-order valence-corrected chi connectivity index (χ0v) is 12.7. The summed E-state index contributed by atoms with van der Waals surface area (Å²) in [5, 5.41) is 0. The first kappa shape index (κ1) is 15.1. The minimum Gasteiger partial charge on any atom is -0.344 e. The number of hydrogen-bond donors (Lipinski definition) is 1. The van der Waals surface area contributed by atoms with Crippen LogP contribution in [0.5, 0.6) is 0 Å². The summed E-state index contributed by atoms with van der Waals surface area (Å²) >= 11 is 0. The van der Waals surface area contributed by atoms with Crippen molar-refractivity contribution in [1.82, 2.24) is 9.47 Å². The number of nitrogens with zero attached hydrogens (tertiary/aromatic N) is 2. The van der Waals surface area contributed by atoms with Crippen molar-refractivity contribution in [3.05, 3.63) is 24.0 Å². The SMILES string of the molecule is CCCn1cccc1C(=O)N(CC)C1CCC(N)CC1. The maximum Gasteiger partial charge on any atom is 0.270 e. The summed E-state index contributed by atoms with van der Waals surface area (Å²) in [4.78, 5) is 14.8. The van der Waals surface area contributed by atoms with Gasteiger partial charge in [0, 0.05) is 31.4 Å². The van der Waals surface area contributed by atoms with Crippen LogP contribution in [0.15, 0.2) is 18.3 Å². The topological polar surface area (TPSA) is 51.3 Å². The number of hydrogen-bond acceptors (Lipinski definition) is 2. The number of nitrogens with two attached hydrogens (primary N) is 1. The highest BCUT2D eigenvalue weighted by Gasteiger charge is 2.28. The molecule has 0 unspecified atom stereocenters. The minimum atomic E-state index is 0.173. The zero-order chi connectivity index (χ0) is 14.5. The molecule has 2 N–H and O–H groups in total. The number of rotatable bonds is 5. The van der Waals surface area contributed by atoms with Crippen LogP contribution in [0, 0.1) is 0 Å². The first-order valence-corrected chi connectivity index (χ1v) is 7.89. The second-order valence-corrected chi connectivity index (χ2v) is 5.75. The smallest absolute Gasteiger partial charge is 0.270 e. The van der Waals surface area contributed by atoms with E-state index >= 15 is 0 Å². The highest BCUT2D eigenvalue weighted by Crippen LogP contribution is 2.23. The lowest BCUT2D eigenvalue weighted by Crippen LogP contribution is -2.44. The Labute approximate surface area is 121 Å². The lowest BCUT2D eigenvalue weighted by atomic mass is 9.90. The molecule has 0 aliphatic heterocycles. The molecule has 112 valence electrons. The van der Waals surface area contributed by atoms with Gasteiger partial charge in [-0.1, -0.05) is 6.92 Å². The predicted octanol–water partition coefficient (Wildman–Crippen LogP) is 2.63. The zero-order valence-electron chi connectivity index (χ0n) is 12.7. The molecule has 1 aromatic heterocycles. The van der Waals surface area contributed by atoms with E-state index in [1.54, 1.807) is 0 Å². The molecule has 1 aliphatic rings. The molecule has 20 heavy (non-hydrogen) atoms. The van der Waals surface area contributed by atoms with Crippen LogP contribution in [0.4, 0.5) is 0 Å². The molecule has 1 heterocycles. The fraction of sp³-hybridized carbons (Fsp3) is 0.688. The van der Waals surface area contributed by atoms with Gasteiger partial charge in [0.2, 0.25) is 0 Å². The number of aryl methyl sites for hydroxylation is 1. The number of carbonyl (C=O) groups excluding carboxylic acids is 1. The van der Waals surface area contributed by atoms with Crippen molar-refractivity contribution in [1.29, 1.82) is 0 Å². The van der Waals surface area contributed by atoms with Gasteiger partial charge >= 0.3 is 0 Å². The van der Waals surface area contributed by atoms with E-state index in [9.17, 15) is 4.79 Å². The average molecular weight is 277 g/mol. The summed E-state index contributed by atoms with van der Waals surface area (Å²) < 4.78 is 2.07. The third kappa shape index (κ3) is 3.23. The molecule has 0 radical (unpaired) electrons. The Morgan fingerprint density at radius 2 is 2.05 bits per heavy atom. The highest BCUT2D eigenvalue weighted by atomic mass is 16.2. The van der Waals surface area contributed by atoms with Gasteiger partial charge in [-0.15, -0.1) is 0 Å². The molecule has 0 aromatic carbocycles. The van der Waals surface area contributed by atoms with Gasteiger partial charge in [-0.05, 0) is 51.2 Å². The molecule has 1 aromatic rings. The van der Waals surface area contributed by atoms with Crippen molar-refractivity contribution < 1.29 is 4.79 Å². The van der Waals surface area contributed by atoms with Gasteiger partial charge in [-0.25, -0.2) is 0 Å². The quantitative estimate of drug-likeness (QED) is 0.899. The van der Waals surface area contributed by atoms with Crippen molar-refractivity contribution >= 4 is 5.91 Å². The fourth-order valence-electron chi connectivity index (χ4n) is 3.17. The van der Waals surface area contributed by atoms with Crippen LogP contribution in [0.2, 0.25) is 0 Å². The summed E-state index contributed by atoms with van der Waals surface area (Å²) in [7, 11) is 0. The summed E-state index contributed by atoms with van der Waals surface area (Å²) in [6.45, 7) is 5.88. The maximum absolute atomic E-state index is 12.8. The van der Waals surface area contributed by atoms with Crippen LogP contribution in [-0.2, 0) is 6.54 Å².